The van der Waals surface area contributed by atoms with Gasteiger partial charge in [0.05, 0.1) is 12.8 Å². The van der Waals surface area contributed by atoms with Gasteiger partial charge >= 0.3 is 0 Å². The summed E-state index contributed by atoms with van der Waals surface area (Å²) in [4.78, 5) is 7.63. The minimum absolute atomic E-state index is 0.141. The first-order valence-electron chi connectivity index (χ1n) is 3.34. The van der Waals surface area contributed by atoms with Crippen molar-refractivity contribution in [2.24, 2.45) is 0 Å². The van der Waals surface area contributed by atoms with Gasteiger partial charge < -0.3 is 13.9 Å². The van der Waals surface area contributed by atoms with E-state index in [2.05, 4.69) is 9.97 Å². The zero-order valence-electron chi connectivity index (χ0n) is 6.10. The number of aliphatic hydroxyl groups is 1. The maximum Gasteiger partial charge on any atom is 0.264 e. The molecule has 0 aromatic carbocycles. The van der Waals surface area contributed by atoms with Crippen molar-refractivity contribution in [3.05, 3.63) is 24.5 Å². The number of aromatic nitrogens is 2. The first-order chi connectivity index (χ1) is 5.90. The van der Waals surface area contributed by atoms with E-state index in [4.69, 9.17) is 13.9 Å². The molecular formula is C7H6N2O3. The summed E-state index contributed by atoms with van der Waals surface area (Å²) >= 11 is 0. The number of hydrogen-bond acceptors (Lipinski definition) is 5. The second-order valence-corrected chi connectivity index (χ2v) is 2.17. The molecular weight excluding hydrogens is 160 g/mol. The molecule has 5 nitrogen and oxygen atoms in total. The van der Waals surface area contributed by atoms with Gasteiger partial charge in [0, 0.05) is 0 Å². The molecule has 0 radical (unpaired) electrons. The molecule has 2 aromatic rings. The fourth-order valence-electron chi connectivity index (χ4n) is 0.814. The van der Waals surface area contributed by atoms with Gasteiger partial charge in [0.15, 0.2) is 6.39 Å². The lowest BCUT2D eigenvalue weighted by atomic mass is 10.5. The largest absolute Gasteiger partial charge is 0.442 e. The van der Waals surface area contributed by atoms with Crippen molar-refractivity contribution >= 4 is 0 Å². The van der Waals surface area contributed by atoms with Crippen LogP contribution in [0, 0.1) is 0 Å². The fourth-order valence-corrected chi connectivity index (χ4v) is 0.814. The molecule has 12 heavy (non-hydrogen) atoms. The van der Waals surface area contributed by atoms with E-state index in [0.717, 1.165) is 0 Å². The molecule has 0 bridgehead atoms. The van der Waals surface area contributed by atoms with E-state index in [1.807, 2.05) is 0 Å². The van der Waals surface area contributed by atoms with E-state index in [-0.39, 0.29) is 6.61 Å². The van der Waals surface area contributed by atoms with Crippen LogP contribution in [0.15, 0.2) is 27.7 Å². The SMILES string of the molecule is OCc1coc(-c2cnco2)n1. The molecule has 2 heterocycles. The third kappa shape index (κ3) is 1.10. The van der Waals surface area contributed by atoms with Crippen LogP contribution >= 0.6 is 0 Å². The molecule has 0 saturated carbocycles. The lowest BCUT2D eigenvalue weighted by molar-refractivity contribution is 0.276. The van der Waals surface area contributed by atoms with E-state index >= 15 is 0 Å². The Morgan fingerprint density at radius 1 is 1.42 bits per heavy atom. The summed E-state index contributed by atoms with van der Waals surface area (Å²) in [6, 6.07) is 0. The highest BCUT2D eigenvalue weighted by Crippen LogP contribution is 2.16. The van der Waals surface area contributed by atoms with Gasteiger partial charge in [-0.25, -0.2) is 9.97 Å². The van der Waals surface area contributed by atoms with Crippen molar-refractivity contribution in [3.63, 3.8) is 0 Å². The van der Waals surface area contributed by atoms with Crippen LogP contribution in [0.5, 0.6) is 0 Å². The topological polar surface area (TPSA) is 72.3 Å². The summed E-state index contributed by atoms with van der Waals surface area (Å²) in [5.41, 5.74) is 0.474. The molecule has 62 valence electrons. The van der Waals surface area contributed by atoms with Gasteiger partial charge in [0.2, 0.25) is 5.76 Å². The summed E-state index contributed by atoms with van der Waals surface area (Å²) in [5, 5.41) is 8.68. The first-order valence-corrected chi connectivity index (χ1v) is 3.34. The smallest absolute Gasteiger partial charge is 0.264 e. The van der Waals surface area contributed by atoms with Crippen LogP contribution in [0.25, 0.3) is 11.7 Å². The van der Waals surface area contributed by atoms with Crippen LogP contribution < -0.4 is 0 Å². The molecule has 2 rings (SSSR count). The number of aliphatic hydroxyl groups excluding tert-OH is 1. The normalized spacial score (nSPS) is 10.4. The molecule has 0 unspecified atom stereocenters. The Morgan fingerprint density at radius 2 is 2.33 bits per heavy atom. The van der Waals surface area contributed by atoms with Crippen LogP contribution in [0.1, 0.15) is 5.69 Å². The lowest BCUT2D eigenvalue weighted by Gasteiger charge is -1.83. The highest BCUT2D eigenvalue weighted by atomic mass is 16.4. The summed E-state index contributed by atoms with van der Waals surface area (Å²) in [6.07, 6.45) is 4.16. The Hall–Kier alpha value is -1.62. The van der Waals surface area contributed by atoms with Crippen LogP contribution in [0.3, 0.4) is 0 Å². The number of hydrogen-bond donors (Lipinski definition) is 1. The Labute approximate surface area is 67.7 Å². The summed E-state index contributed by atoms with van der Waals surface area (Å²) in [7, 11) is 0. The van der Waals surface area contributed by atoms with Crippen molar-refractivity contribution in [1.82, 2.24) is 9.97 Å². The fraction of sp³-hybridized carbons (Fsp3) is 0.143. The average molecular weight is 166 g/mol. The van der Waals surface area contributed by atoms with Crippen molar-refractivity contribution < 1.29 is 13.9 Å². The predicted molar refractivity (Wildman–Crippen MR) is 37.9 cm³/mol. The van der Waals surface area contributed by atoms with E-state index < -0.39 is 0 Å². The van der Waals surface area contributed by atoms with E-state index in [9.17, 15) is 0 Å². The van der Waals surface area contributed by atoms with Crippen molar-refractivity contribution in [3.8, 4) is 11.7 Å². The zero-order valence-corrected chi connectivity index (χ0v) is 6.10. The van der Waals surface area contributed by atoms with Crippen LogP contribution in [0.2, 0.25) is 0 Å². The minimum atomic E-state index is -0.141. The second-order valence-electron chi connectivity index (χ2n) is 2.17. The molecule has 0 aliphatic rings. The van der Waals surface area contributed by atoms with Gasteiger partial charge in [-0.2, -0.15) is 0 Å². The summed E-state index contributed by atoms with van der Waals surface area (Å²) in [5.74, 6) is 0.784. The van der Waals surface area contributed by atoms with Crippen LogP contribution in [-0.2, 0) is 6.61 Å². The highest BCUT2D eigenvalue weighted by Gasteiger charge is 2.08. The molecule has 5 heteroatoms. The number of nitrogens with zero attached hydrogens (tertiary/aromatic N) is 2. The van der Waals surface area contributed by atoms with Crippen LogP contribution in [0.4, 0.5) is 0 Å². The molecule has 0 saturated heterocycles. The molecule has 1 N–H and O–H groups in total. The van der Waals surface area contributed by atoms with E-state index in [0.29, 0.717) is 17.3 Å². The maximum atomic E-state index is 8.68. The van der Waals surface area contributed by atoms with E-state index in [1.54, 1.807) is 0 Å². The lowest BCUT2D eigenvalue weighted by Crippen LogP contribution is -1.81. The van der Waals surface area contributed by atoms with Gasteiger partial charge in [-0.15, -0.1) is 0 Å². The van der Waals surface area contributed by atoms with Crippen LogP contribution in [-0.4, -0.2) is 15.1 Å². The second kappa shape index (κ2) is 2.78. The minimum Gasteiger partial charge on any atom is -0.442 e. The molecule has 0 aliphatic carbocycles. The van der Waals surface area contributed by atoms with Crippen molar-refractivity contribution in [2.75, 3.05) is 0 Å². The van der Waals surface area contributed by atoms with Gasteiger partial charge in [-0.05, 0) is 0 Å². The molecule has 0 amide bonds. The zero-order chi connectivity index (χ0) is 8.39. The van der Waals surface area contributed by atoms with Gasteiger partial charge in [0.1, 0.15) is 12.0 Å². The Balaban J connectivity index is 2.35. The Bertz CT molecular complexity index is 352. The number of oxazole rings is 2. The molecule has 0 fully saturated rings. The van der Waals surface area contributed by atoms with Crippen molar-refractivity contribution in [1.29, 1.82) is 0 Å². The van der Waals surface area contributed by atoms with Crippen molar-refractivity contribution in [2.45, 2.75) is 6.61 Å². The van der Waals surface area contributed by atoms with Gasteiger partial charge in [-0.1, -0.05) is 0 Å². The third-order valence-corrected chi connectivity index (χ3v) is 1.36. The predicted octanol–water partition coefficient (Wildman–Crippen LogP) is 0.822. The molecule has 0 spiro atoms. The summed E-state index contributed by atoms with van der Waals surface area (Å²) in [6.45, 7) is -0.141. The Kier molecular flexibility index (Phi) is 1.64. The third-order valence-electron chi connectivity index (χ3n) is 1.36. The monoisotopic (exact) mass is 166 g/mol. The Morgan fingerprint density at radius 3 is 2.92 bits per heavy atom. The first kappa shape index (κ1) is 7.05. The van der Waals surface area contributed by atoms with Gasteiger partial charge in [-0.3, -0.25) is 0 Å². The molecule has 2 aromatic heterocycles. The quantitative estimate of drug-likeness (QED) is 0.715. The number of rotatable bonds is 2. The molecule has 0 aliphatic heterocycles. The van der Waals surface area contributed by atoms with E-state index in [1.165, 1.54) is 18.9 Å². The van der Waals surface area contributed by atoms with Gasteiger partial charge in [0.25, 0.3) is 5.89 Å². The molecule has 0 atom stereocenters. The maximum absolute atomic E-state index is 8.68. The standard InChI is InChI=1S/C7H6N2O3/c10-2-5-3-11-7(9-5)6-1-8-4-12-6/h1,3-4,10H,2H2. The summed E-state index contributed by atoms with van der Waals surface area (Å²) < 4.78 is 9.92. The average Bonchev–Trinajstić information content (AvgIpc) is 2.75. The highest BCUT2D eigenvalue weighted by molar-refractivity contribution is 5.41.